The molecule has 25 heavy (non-hydrogen) atoms. The van der Waals surface area contributed by atoms with E-state index in [9.17, 15) is 9.59 Å². The van der Waals surface area contributed by atoms with Crippen LogP contribution in [0, 0.1) is 0 Å². The summed E-state index contributed by atoms with van der Waals surface area (Å²) in [5, 5.41) is 5.11. The van der Waals surface area contributed by atoms with E-state index in [1.54, 1.807) is 41.0 Å². The highest BCUT2D eigenvalue weighted by atomic mass is 32.1. The van der Waals surface area contributed by atoms with Crippen molar-refractivity contribution in [3.8, 4) is 0 Å². The second kappa shape index (κ2) is 7.80. The Balaban J connectivity index is 1.59. The van der Waals surface area contributed by atoms with Gasteiger partial charge >= 0.3 is 0 Å². The van der Waals surface area contributed by atoms with E-state index in [0.717, 1.165) is 0 Å². The van der Waals surface area contributed by atoms with E-state index < -0.39 is 0 Å². The quantitative estimate of drug-likeness (QED) is 0.701. The zero-order valence-corrected chi connectivity index (χ0v) is 14.4. The third kappa shape index (κ3) is 4.57. The summed E-state index contributed by atoms with van der Waals surface area (Å²) < 4.78 is 10.4. The Kier molecular flexibility index (Phi) is 5.30. The first-order chi connectivity index (χ1) is 12.1. The SMILES string of the molecule is CC(=O)N(Cc1ccco1)Cc1nc(C(=O)NCc2ccco2)cs1. The molecule has 0 aliphatic rings. The average molecular weight is 359 g/mol. The molecule has 0 saturated heterocycles. The van der Waals surface area contributed by atoms with Crippen LogP contribution < -0.4 is 5.32 Å². The lowest BCUT2D eigenvalue weighted by atomic mass is 10.3. The van der Waals surface area contributed by atoms with Gasteiger partial charge in [0.1, 0.15) is 22.2 Å². The van der Waals surface area contributed by atoms with Crippen LogP contribution in [0.5, 0.6) is 0 Å². The zero-order valence-electron chi connectivity index (χ0n) is 13.6. The fraction of sp³-hybridized carbons (Fsp3) is 0.235. The molecule has 8 heteroatoms. The number of furan rings is 2. The number of nitrogens with zero attached hydrogens (tertiary/aromatic N) is 2. The van der Waals surface area contributed by atoms with Crippen LogP contribution in [0.15, 0.2) is 51.0 Å². The highest BCUT2D eigenvalue weighted by Crippen LogP contribution is 2.15. The van der Waals surface area contributed by atoms with Crippen LogP contribution in [-0.2, 0) is 24.4 Å². The fourth-order valence-electron chi connectivity index (χ4n) is 2.19. The summed E-state index contributed by atoms with van der Waals surface area (Å²) >= 11 is 1.34. The standard InChI is InChI=1S/C17H17N3O4S/c1-12(21)20(9-14-5-3-7-24-14)10-16-19-15(11-25-16)17(22)18-8-13-4-2-6-23-13/h2-7,11H,8-10H2,1H3,(H,18,22). The molecule has 0 unspecified atom stereocenters. The predicted octanol–water partition coefficient (Wildman–Crippen LogP) is 2.81. The van der Waals surface area contributed by atoms with Gasteiger partial charge in [-0.3, -0.25) is 9.59 Å². The molecule has 0 spiro atoms. The van der Waals surface area contributed by atoms with Gasteiger partial charge < -0.3 is 19.1 Å². The highest BCUT2D eigenvalue weighted by molar-refractivity contribution is 7.09. The molecule has 7 nitrogen and oxygen atoms in total. The van der Waals surface area contributed by atoms with Crippen LogP contribution in [0.1, 0.15) is 33.9 Å². The van der Waals surface area contributed by atoms with Gasteiger partial charge in [0, 0.05) is 12.3 Å². The van der Waals surface area contributed by atoms with Crippen LogP contribution in [-0.4, -0.2) is 21.7 Å². The monoisotopic (exact) mass is 359 g/mol. The van der Waals surface area contributed by atoms with E-state index in [1.807, 2.05) is 6.07 Å². The topological polar surface area (TPSA) is 88.6 Å². The number of carbonyl (C=O) groups is 2. The Hall–Kier alpha value is -2.87. The van der Waals surface area contributed by atoms with Crippen LogP contribution in [0.25, 0.3) is 0 Å². The number of carbonyl (C=O) groups excluding carboxylic acids is 2. The first-order valence-corrected chi connectivity index (χ1v) is 8.52. The second-order valence-electron chi connectivity index (χ2n) is 5.34. The van der Waals surface area contributed by atoms with Crippen LogP contribution in [0.2, 0.25) is 0 Å². The maximum absolute atomic E-state index is 12.1. The third-order valence-electron chi connectivity index (χ3n) is 3.49. The molecular formula is C17H17N3O4S. The number of aromatic nitrogens is 1. The van der Waals surface area contributed by atoms with E-state index in [1.165, 1.54) is 18.3 Å². The molecule has 0 saturated carbocycles. The van der Waals surface area contributed by atoms with Gasteiger partial charge in [-0.25, -0.2) is 4.98 Å². The third-order valence-corrected chi connectivity index (χ3v) is 4.32. The van der Waals surface area contributed by atoms with Crippen LogP contribution >= 0.6 is 11.3 Å². The molecule has 0 aliphatic heterocycles. The van der Waals surface area contributed by atoms with Gasteiger partial charge in [-0.15, -0.1) is 11.3 Å². The zero-order chi connectivity index (χ0) is 17.6. The molecule has 3 heterocycles. The Bertz CT molecular complexity index is 824. The van der Waals surface area contributed by atoms with E-state index in [4.69, 9.17) is 8.83 Å². The lowest BCUT2D eigenvalue weighted by Gasteiger charge is -2.18. The van der Waals surface area contributed by atoms with Crippen molar-refractivity contribution >= 4 is 23.2 Å². The number of rotatable bonds is 7. The van der Waals surface area contributed by atoms with Crippen molar-refractivity contribution in [3.05, 3.63) is 64.4 Å². The summed E-state index contributed by atoms with van der Waals surface area (Å²) in [6.07, 6.45) is 3.12. The molecule has 3 aromatic rings. The van der Waals surface area contributed by atoms with Crippen molar-refractivity contribution in [2.45, 2.75) is 26.6 Å². The molecular weight excluding hydrogens is 342 g/mol. The van der Waals surface area contributed by atoms with Crippen LogP contribution in [0.3, 0.4) is 0 Å². The minimum atomic E-state index is -0.278. The number of hydrogen-bond donors (Lipinski definition) is 1. The average Bonchev–Trinajstić information content (AvgIpc) is 3.34. The van der Waals surface area contributed by atoms with Crippen molar-refractivity contribution in [1.29, 1.82) is 0 Å². The molecule has 0 atom stereocenters. The normalized spacial score (nSPS) is 10.6. The lowest BCUT2D eigenvalue weighted by molar-refractivity contribution is -0.130. The van der Waals surface area contributed by atoms with Gasteiger partial charge in [0.2, 0.25) is 5.91 Å². The predicted molar refractivity (Wildman–Crippen MR) is 90.6 cm³/mol. The molecule has 0 aliphatic carbocycles. The van der Waals surface area contributed by atoms with E-state index >= 15 is 0 Å². The van der Waals surface area contributed by atoms with Crippen molar-refractivity contribution in [2.24, 2.45) is 0 Å². The van der Waals surface area contributed by atoms with Gasteiger partial charge in [0.15, 0.2) is 0 Å². The van der Waals surface area contributed by atoms with Crippen molar-refractivity contribution in [2.75, 3.05) is 0 Å². The minimum Gasteiger partial charge on any atom is -0.467 e. The molecule has 0 aromatic carbocycles. The van der Waals surface area contributed by atoms with Gasteiger partial charge in [0.25, 0.3) is 5.91 Å². The van der Waals surface area contributed by atoms with Gasteiger partial charge in [-0.1, -0.05) is 0 Å². The molecule has 130 valence electrons. The summed E-state index contributed by atoms with van der Waals surface area (Å²) in [4.78, 5) is 29.9. The van der Waals surface area contributed by atoms with E-state index in [-0.39, 0.29) is 11.8 Å². The number of thiazole rings is 1. The first kappa shape index (κ1) is 17.0. The van der Waals surface area contributed by atoms with Crippen LogP contribution in [0.4, 0.5) is 0 Å². The number of hydrogen-bond acceptors (Lipinski definition) is 6. The van der Waals surface area contributed by atoms with Crippen molar-refractivity contribution < 1.29 is 18.4 Å². The number of amides is 2. The largest absolute Gasteiger partial charge is 0.467 e. The molecule has 2 amide bonds. The Morgan fingerprint density at radius 3 is 2.52 bits per heavy atom. The van der Waals surface area contributed by atoms with Gasteiger partial charge in [-0.2, -0.15) is 0 Å². The first-order valence-electron chi connectivity index (χ1n) is 7.64. The molecule has 3 rings (SSSR count). The maximum atomic E-state index is 12.1. The summed E-state index contributed by atoms with van der Waals surface area (Å²) in [6.45, 7) is 2.48. The summed E-state index contributed by atoms with van der Waals surface area (Å²) in [5.74, 6) is 1.00. The fourth-order valence-corrected chi connectivity index (χ4v) is 2.98. The summed E-state index contributed by atoms with van der Waals surface area (Å²) in [6, 6.07) is 7.13. The Morgan fingerprint density at radius 1 is 1.16 bits per heavy atom. The highest BCUT2D eigenvalue weighted by Gasteiger charge is 2.16. The van der Waals surface area contributed by atoms with E-state index in [0.29, 0.717) is 41.9 Å². The molecule has 0 fully saturated rings. The molecule has 3 aromatic heterocycles. The number of nitrogens with one attached hydrogen (secondary N) is 1. The lowest BCUT2D eigenvalue weighted by Crippen LogP contribution is -2.27. The molecule has 0 radical (unpaired) electrons. The second-order valence-corrected chi connectivity index (χ2v) is 6.29. The maximum Gasteiger partial charge on any atom is 0.271 e. The van der Waals surface area contributed by atoms with Gasteiger partial charge in [0.05, 0.1) is 32.2 Å². The summed E-state index contributed by atoms with van der Waals surface area (Å²) in [5.41, 5.74) is 0.327. The van der Waals surface area contributed by atoms with E-state index in [2.05, 4.69) is 10.3 Å². The Labute approximate surface area is 148 Å². The smallest absolute Gasteiger partial charge is 0.271 e. The minimum absolute atomic E-state index is 0.0876. The Morgan fingerprint density at radius 2 is 1.88 bits per heavy atom. The molecule has 1 N–H and O–H groups in total. The van der Waals surface area contributed by atoms with Gasteiger partial charge in [-0.05, 0) is 24.3 Å². The van der Waals surface area contributed by atoms with Crippen molar-refractivity contribution in [3.63, 3.8) is 0 Å². The molecule has 0 bridgehead atoms. The summed E-state index contributed by atoms with van der Waals surface area (Å²) in [7, 11) is 0. The van der Waals surface area contributed by atoms with Crippen molar-refractivity contribution in [1.82, 2.24) is 15.2 Å².